The Morgan fingerprint density at radius 3 is 1.96 bits per heavy atom. The molecule has 0 aliphatic rings. The standard InChI is InChI=1S/C37H29N3O4S/c1-44-28-19-15-25(16-20-28)23-32(39-36(42)26-9-3-2-4-10-26)37(43)38-27-17-21-29(22-18-27)45-24-35(41)40-33-13-7-5-11-30(33)31-12-6-8-14-34(31)40/h2-23H,24H2,1H3,(H,38,43)(H,39,42)/b32-23-. The van der Waals surface area contributed by atoms with E-state index in [-0.39, 0.29) is 17.4 Å². The van der Waals surface area contributed by atoms with E-state index in [0.717, 1.165) is 26.7 Å². The van der Waals surface area contributed by atoms with Gasteiger partial charge < -0.3 is 15.4 Å². The highest BCUT2D eigenvalue weighted by molar-refractivity contribution is 8.00. The first-order valence-corrected chi connectivity index (χ1v) is 15.3. The van der Waals surface area contributed by atoms with E-state index in [9.17, 15) is 14.4 Å². The van der Waals surface area contributed by atoms with Gasteiger partial charge in [0.05, 0.1) is 23.9 Å². The molecule has 0 aliphatic carbocycles. The van der Waals surface area contributed by atoms with Crippen LogP contribution >= 0.6 is 11.8 Å². The van der Waals surface area contributed by atoms with Gasteiger partial charge in [0.1, 0.15) is 11.4 Å². The Labute approximate surface area is 264 Å². The molecule has 0 aliphatic heterocycles. The second-order valence-corrected chi connectivity index (χ2v) is 11.2. The Morgan fingerprint density at radius 2 is 1.33 bits per heavy atom. The van der Waals surface area contributed by atoms with E-state index < -0.39 is 11.8 Å². The van der Waals surface area contributed by atoms with Gasteiger partial charge in [0.25, 0.3) is 11.8 Å². The van der Waals surface area contributed by atoms with E-state index in [4.69, 9.17) is 4.74 Å². The molecule has 0 atom stereocenters. The van der Waals surface area contributed by atoms with Gasteiger partial charge in [-0.25, -0.2) is 0 Å². The number of carbonyl (C=O) groups is 3. The predicted molar refractivity (Wildman–Crippen MR) is 181 cm³/mol. The first kappa shape index (κ1) is 29.5. The predicted octanol–water partition coefficient (Wildman–Crippen LogP) is 7.65. The molecular weight excluding hydrogens is 582 g/mol. The zero-order valence-electron chi connectivity index (χ0n) is 24.4. The topological polar surface area (TPSA) is 89.4 Å². The molecule has 45 heavy (non-hydrogen) atoms. The van der Waals surface area contributed by atoms with Crippen molar-refractivity contribution in [2.45, 2.75) is 4.90 Å². The van der Waals surface area contributed by atoms with Crippen LogP contribution in [0.4, 0.5) is 5.69 Å². The van der Waals surface area contributed by atoms with Crippen LogP contribution < -0.4 is 15.4 Å². The third-order valence-corrected chi connectivity index (χ3v) is 8.26. The lowest BCUT2D eigenvalue weighted by molar-refractivity contribution is -0.113. The maximum absolute atomic E-state index is 13.4. The maximum Gasteiger partial charge on any atom is 0.272 e. The normalized spacial score (nSPS) is 11.4. The average molecular weight is 612 g/mol. The Bertz CT molecular complexity index is 1980. The SMILES string of the molecule is COc1ccc(/C=C(\NC(=O)c2ccccc2)C(=O)Nc2ccc(SCC(=O)n3c4ccccc4c4ccccc43)cc2)cc1. The van der Waals surface area contributed by atoms with Crippen molar-refractivity contribution in [3.63, 3.8) is 0 Å². The van der Waals surface area contributed by atoms with Gasteiger partial charge in [-0.05, 0) is 72.3 Å². The van der Waals surface area contributed by atoms with Crippen molar-refractivity contribution < 1.29 is 19.1 Å². The number of methoxy groups -OCH3 is 1. The van der Waals surface area contributed by atoms with Crippen molar-refractivity contribution in [2.24, 2.45) is 0 Å². The van der Waals surface area contributed by atoms with E-state index in [0.29, 0.717) is 22.6 Å². The number of thioether (sulfide) groups is 1. The van der Waals surface area contributed by atoms with E-state index in [1.54, 1.807) is 78.4 Å². The Hall–Kier alpha value is -5.60. The molecule has 0 spiro atoms. The highest BCUT2D eigenvalue weighted by Crippen LogP contribution is 2.30. The molecule has 6 rings (SSSR count). The number of benzene rings is 5. The number of hydrogen-bond donors (Lipinski definition) is 2. The summed E-state index contributed by atoms with van der Waals surface area (Å²) >= 11 is 1.43. The van der Waals surface area contributed by atoms with Crippen LogP contribution in [0, 0.1) is 0 Å². The third kappa shape index (κ3) is 6.66. The minimum atomic E-state index is -0.475. The fourth-order valence-electron chi connectivity index (χ4n) is 5.04. The zero-order chi connectivity index (χ0) is 31.2. The van der Waals surface area contributed by atoms with Crippen molar-refractivity contribution in [1.82, 2.24) is 9.88 Å². The molecule has 2 N–H and O–H groups in total. The van der Waals surface area contributed by atoms with Crippen LogP contribution in [-0.2, 0) is 4.79 Å². The minimum absolute atomic E-state index is 0.0164. The van der Waals surface area contributed by atoms with E-state index in [2.05, 4.69) is 10.6 Å². The van der Waals surface area contributed by atoms with Crippen LogP contribution in [0.1, 0.15) is 20.7 Å². The summed E-state index contributed by atoms with van der Waals surface area (Å²) in [5.41, 5.74) is 3.56. The first-order valence-electron chi connectivity index (χ1n) is 14.3. The molecule has 0 fully saturated rings. The monoisotopic (exact) mass is 611 g/mol. The Balaban J connectivity index is 1.15. The van der Waals surface area contributed by atoms with Gasteiger partial charge in [-0.3, -0.25) is 19.0 Å². The molecule has 0 radical (unpaired) electrons. The summed E-state index contributed by atoms with van der Waals surface area (Å²) in [4.78, 5) is 40.6. The van der Waals surface area contributed by atoms with Crippen molar-refractivity contribution in [3.8, 4) is 5.75 Å². The molecule has 0 saturated heterocycles. The van der Waals surface area contributed by atoms with Crippen molar-refractivity contribution in [3.05, 3.63) is 144 Å². The molecular formula is C37H29N3O4S. The highest BCUT2D eigenvalue weighted by atomic mass is 32.2. The molecule has 8 heteroatoms. The number of rotatable bonds is 9. The van der Waals surface area contributed by atoms with Gasteiger partial charge in [0.2, 0.25) is 5.91 Å². The van der Waals surface area contributed by atoms with Gasteiger partial charge in [-0.15, -0.1) is 11.8 Å². The summed E-state index contributed by atoms with van der Waals surface area (Å²) in [5.74, 6) is 0.0370. The Kier molecular flexibility index (Phi) is 8.75. The summed E-state index contributed by atoms with van der Waals surface area (Å²) < 4.78 is 7.01. The first-order chi connectivity index (χ1) is 22.0. The van der Waals surface area contributed by atoms with Crippen LogP contribution in [0.2, 0.25) is 0 Å². The second kappa shape index (κ2) is 13.4. The van der Waals surface area contributed by atoms with Gasteiger partial charge in [0.15, 0.2) is 0 Å². The van der Waals surface area contributed by atoms with Crippen LogP contribution in [0.3, 0.4) is 0 Å². The lowest BCUT2D eigenvalue weighted by Gasteiger charge is -2.12. The van der Waals surface area contributed by atoms with Gasteiger partial charge in [-0.1, -0.05) is 66.7 Å². The quantitative estimate of drug-likeness (QED) is 0.130. The van der Waals surface area contributed by atoms with Crippen LogP contribution in [0.5, 0.6) is 5.75 Å². The van der Waals surface area contributed by atoms with Crippen LogP contribution in [0.15, 0.2) is 138 Å². The summed E-state index contributed by atoms with van der Waals surface area (Å²) in [7, 11) is 1.58. The molecule has 1 aromatic heterocycles. The molecule has 0 unspecified atom stereocenters. The second-order valence-electron chi connectivity index (χ2n) is 10.2. The number of fused-ring (bicyclic) bond motifs is 3. The lowest BCUT2D eigenvalue weighted by Crippen LogP contribution is -2.30. The summed E-state index contributed by atoms with van der Waals surface area (Å²) in [6.07, 6.45) is 1.61. The number of ether oxygens (including phenoxy) is 1. The molecule has 7 nitrogen and oxygen atoms in total. The number of hydrogen-bond acceptors (Lipinski definition) is 5. The number of aromatic nitrogens is 1. The summed E-state index contributed by atoms with van der Waals surface area (Å²) in [6.45, 7) is 0. The molecule has 5 aromatic carbocycles. The third-order valence-electron chi connectivity index (χ3n) is 7.26. The number of carbonyl (C=O) groups excluding carboxylic acids is 3. The fraction of sp³-hybridized carbons (Fsp3) is 0.0541. The summed E-state index contributed by atoms with van der Waals surface area (Å²) in [5, 5.41) is 7.71. The van der Waals surface area contributed by atoms with Gasteiger partial charge in [0, 0.05) is 26.9 Å². The zero-order valence-corrected chi connectivity index (χ0v) is 25.2. The number of amides is 2. The number of para-hydroxylation sites is 2. The largest absolute Gasteiger partial charge is 0.497 e. The molecule has 0 bridgehead atoms. The number of anilines is 1. The van der Waals surface area contributed by atoms with E-state index in [1.807, 2.05) is 66.7 Å². The van der Waals surface area contributed by atoms with Crippen molar-refractivity contribution >= 4 is 63.1 Å². The van der Waals surface area contributed by atoms with Crippen molar-refractivity contribution in [1.29, 1.82) is 0 Å². The number of nitrogens with zero attached hydrogens (tertiary/aromatic N) is 1. The number of nitrogens with one attached hydrogen (secondary N) is 2. The van der Waals surface area contributed by atoms with Crippen LogP contribution in [0.25, 0.3) is 27.9 Å². The molecule has 6 aromatic rings. The molecule has 0 saturated carbocycles. The Morgan fingerprint density at radius 1 is 0.733 bits per heavy atom. The van der Waals surface area contributed by atoms with Gasteiger partial charge in [-0.2, -0.15) is 0 Å². The smallest absolute Gasteiger partial charge is 0.272 e. The minimum Gasteiger partial charge on any atom is -0.497 e. The lowest BCUT2D eigenvalue weighted by atomic mass is 10.1. The highest BCUT2D eigenvalue weighted by Gasteiger charge is 2.17. The molecule has 1 heterocycles. The van der Waals surface area contributed by atoms with Gasteiger partial charge >= 0.3 is 0 Å². The molecule has 2 amide bonds. The van der Waals surface area contributed by atoms with Crippen molar-refractivity contribution in [2.75, 3.05) is 18.2 Å². The molecule has 222 valence electrons. The van der Waals surface area contributed by atoms with Crippen LogP contribution in [-0.4, -0.2) is 35.2 Å². The maximum atomic E-state index is 13.4. The van der Waals surface area contributed by atoms with E-state index in [1.165, 1.54) is 11.8 Å². The summed E-state index contributed by atoms with van der Waals surface area (Å²) in [6, 6.07) is 39.0. The average Bonchev–Trinajstić information content (AvgIpc) is 3.43. The fourth-order valence-corrected chi connectivity index (χ4v) is 5.79. The van der Waals surface area contributed by atoms with E-state index >= 15 is 0 Å².